The lowest BCUT2D eigenvalue weighted by Crippen LogP contribution is -2.15. The number of methoxy groups -OCH3 is 1. The SMILES string of the molecule is COc1ccc(C(C)C)cc1S(=O)(=O)Nc1cc(Cl)ccc1Cl. The van der Waals surface area contributed by atoms with Crippen LogP contribution in [0, 0.1) is 0 Å². The Balaban J connectivity index is 2.50. The smallest absolute Gasteiger partial charge is 0.265 e. The molecule has 2 aromatic carbocycles. The predicted octanol–water partition coefficient (Wildman–Crippen LogP) is 4.93. The van der Waals surface area contributed by atoms with Crippen LogP contribution in [-0.2, 0) is 10.0 Å². The first-order chi connectivity index (χ1) is 10.7. The van der Waals surface area contributed by atoms with Gasteiger partial charge in [-0.2, -0.15) is 0 Å². The Labute approximate surface area is 146 Å². The van der Waals surface area contributed by atoms with Crippen LogP contribution in [0.15, 0.2) is 41.3 Å². The van der Waals surface area contributed by atoms with Gasteiger partial charge in [0.1, 0.15) is 10.6 Å². The molecular weight excluding hydrogens is 357 g/mol. The molecule has 0 heterocycles. The highest BCUT2D eigenvalue weighted by Crippen LogP contribution is 2.32. The van der Waals surface area contributed by atoms with Crippen molar-refractivity contribution >= 4 is 38.9 Å². The molecule has 0 saturated heterocycles. The summed E-state index contributed by atoms with van der Waals surface area (Å²) >= 11 is 11.9. The third kappa shape index (κ3) is 4.10. The second-order valence-corrected chi connectivity index (χ2v) is 7.79. The van der Waals surface area contributed by atoms with E-state index in [1.807, 2.05) is 19.9 Å². The molecule has 4 nitrogen and oxygen atoms in total. The Kier molecular flexibility index (Phi) is 5.45. The number of nitrogens with one attached hydrogen (secondary N) is 1. The number of hydrogen-bond donors (Lipinski definition) is 1. The van der Waals surface area contributed by atoms with Gasteiger partial charge in [0, 0.05) is 5.02 Å². The van der Waals surface area contributed by atoms with Crippen molar-refractivity contribution in [3.63, 3.8) is 0 Å². The van der Waals surface area contributed by atoms with Crippen molar-refractivity contribution in [2.75, 3.05) is 11.8 Å². The second kappa shape index (κ2) is 6.99. The van der Waals surface area contributed by atoms with Crippen molar-refractivity contribution in [1.29, 1.82) is 0 Å². The third-order valence-corrected chi connectivity index (χ3v) is 5.27. The largest absolute Gasteiger partial charge is 0.495 e. The summed E-state index contributed by atoms with van der Waals surface area (Å²) in [5.74, 6) is 0.449. The zero-order valence-electron chi connectivity index (χ0n) is 12.9. The van der Waals surface area contributed by atoms with E-state index in [0.29, 0.717) is 5.02 Å². The fourth-order valence-corrected chi connectivity index (χ4v) is 3.71. The van der Waals surface area contributed by atoms with E-state index in [2.05, 4.69) is 4.72 Å². The van der Waals surface area contributed by atoms with Crippen molar-refractivity contribution in [3.8, 4) is 5.75 Å². The highest BCUT2D eigenvalue weighted by molar-refractivity contribution is 7.92. The Bertz CT molecular complexity index is 820. The summed E-state index contributed by atoms with van der Waals surface area (Å²) in [5.41, 5.74) is 1.11. The van der Waals surface area contributed by atoms with E-state index in [1.54, 1.807) is 18.2 Å². The first-order valence-electron chi connectivity index (χ1n) is 6.90. The van der Waals surface area contributed by atoms with Gasteiger partial charge in [-0.1, -0.05) is 43.1 Å². The van der Waals surface area contributed by atoms with E-state index in [1.165, 1.54) is 19.2 Å². The van der Waals surface area contributed by atoms with Crippen LogP contribution in [0.1, 0.15) is 25.3 Å². The van der Waals surface area contributed by atoms with Crippen LogP contribution in [0.5, 0.6) is 5.75 Å². The molecule has 0 unspecified atom stereocenters. The normalized spacial score (nSPS) is 11.6. The fourth-order valence-electron chi connectivity index (χ4n) is 2.04. The molecule has 0 bridgehead atoms. The summed E-state index contributed by atoms with van der Waals surface area (Å²) in [7, 11) is -2.44. The van der Waals surface area contributed by atoms with Gasteiger partial charge in [-0.15, -0.1) is 0 Å². The van der Waals surface area contributed by atoms with E-state index in [-0.39, 0.29) is 27.3 Å². The van der Waals surface area contributed by atoms with E-state index in [4.69, 9.17) is 27.9 Å². The molecule has 0 aliphatic rings. The van der Waals surface area contributed by atoms with Gasteiger partial charge >= 0.3 is 0 Å². The highest BCUT2D eigenvalue weighted by Gasteiger charge is 2.22. The zero-order chi connectivity index (χ0) is 17.2. The molecule has 2 aromatic rings. The lowest BCUT2D eigenvalue weighted by molar-refractivity contribution is 0.402. The van der Waals surface area contributed by atoms with Crippen LogP contribution in [0.2, 0.25) is 10.0 Å². The molecule has 23 heavy (non-hydrogen) atoms. The summed E-state index contributed by atoms with van der Waals surface area (Å²) in [6, 6.07) is 9.66. The lowest BCUT2D eigenvalue weighted by atomic mass is 10.0. The Hall–Kier alpha value is -1.43. The molecule has 0 radical (unpaired) electrons. The number of halogens is 2. The van der Waals surface area contributed by atoms with Crippen molar-refractivity contribution in [2.24, 2.45) is 0 Å². The maximum atomic E-state index is 12.7. The van der Waals surface area contributed by atoms with Gasteiger partial charge in [-0.05, 0) is 41.8 Å². The van der Waals surface area contributed by atoms with Gasteiger partial charge in [-0.3, -0.25) is 4.72 Å². The average molecular weight is 374 g/mol. The minimum Gasteiger partial charge on any atom is -0.495 e. The average Bonchev–Trinajstić information content (AvgIpc) is 2.50. The number of benzene rings is 2. The monoisotopic (exact) mass is 373 g/mol. The molecule has 0 amide bonds. The van der Waals surface area contributed by atoms with Crippen molar-refractivity contribution < 1.29 is 13.2 Å². The Morgan fingerprint density at radius 2 is 1.78 bits per heavy atom. The van der Waals surface area contributed by atoms with Crippen LogP contribution in [0.4, 0.5) is 5.69 Å². The van der Waals surface area contributed by atoms with Gasteiger partial charge in [-0.25, -0.2) is 8.42 Å². The van der Waals surface area contributed by atoms with Crippen LogP contribution in [-0.4, -0.2) is 15.5 Å². The molecule has 0 fully saturated rings. The highest BCUT2D eigenvalue weighted by atomic mass is 35.5. The molecule has 124 valence electrons. The summed E-state index contributed by atoms with van der Waals surface area (Å²) in [4.78, 5) is 0.0576. The minimum atomic E-state index is -3.87. The second-order valence-electron chi connectivity index (χ2n) is 5.29. The molecule has 0 spiro atoms. The quantitative estimate of drug-likeness (QED) is 0.808. The molecule has 7 heteroatoms. The molecule has 0 aliphatic carbocycles. The lowest BCUT2D eigenvalue weighted by Gasteiger charge is -2.15. The molecule has 2 rings (SSSR count). The fraction of sp³-hybridized carbons (Fsp3) is 0.250. The standard InChI is InChI=1S/C16H17Cl2NO3S/c1-10(2)11-4-7-15(22-3)16(8-11)23(20,21)19-14-9-12(17)5-6-13(14)18/h4-10,19H,1-3H3. The van der Waals surface area contributed by atoms with Gasteiger partial charge in [0.25, 0.3) is 10.0 Å². The first kappa shape index (κ1) is 17.9. The maximum Gasteiger partial charge on any atom is 0.265 e. The summed E-state index contributed by atoms with van der Waals surface area (Å²) in [6.07, 6.45) is 0. The predicted molar refractivity (Wildman–Crippen MR) is 94.4 cm³/mol. The van der Waals surface area contributed by atoms with Gasteiger partial charge < -0.3 is 4.74 Å². The zero-order valence-corrected chi connectivity index (χ0v) is 15.3. The number of ether oxygens (including phenoxy) is 1. The summed E-state index contributed by atoms with van der Waals surface area (Å²) in [6.45, 7) is 3.97. The third-order valence-electron chi connectivity index (χ3n) is 3.32. The summed E-state index contributed by atoms with van der Waals surface area (Å²) in [5, 5.41) is 0.645. The number of anilines is 1. The van der Waals surface area contributed by atoms with Gasteiger partial charge in [0.15, 0.2) is 0 Å². The Morgan fingerprint density at radius 1 is 1.09 bits per heavy atom. The van der Waals surface area contributed by atoms with Crippen LogP contribution in [0.3, 0.4) is 0 Å². The van der Waals surface area contributed by atoms with Gasteiger partial charge in [0.05, 0.1) is 17.8 Å². The number of hydrogen-bond acceptors (Lipinski definition) is 3. The molecule has 0 saturated carbocycles. The summed E-state index contributed by atoms with van der Waals surface area (Å²) < 4.78 is 33.1. The van der Waals surface area contributed by atoms with Crippen molar-refractivity contribution in [3.05, 3.63) is 52.0 Å². The van der Waals surface area contributed by atoms with E-state index < -0.39 is 10.0 Å². The topological polar surface area (TPSA) is 55.4 Å². The molecule has 0 atom stereocenters. The van der Waals surface area contributed by atoms with Crippen LogP contribution in [0.25, 0.3) is 0 Å². The number of rotatable bonds is 5. The molecular formula is C16H17Cl2NO3S. The first-order valence-corrected chi connectivity index (χ1v) is 9.14. The molecule has 1 N–H and O–H groups in total. The molecule has 0 aliphatic heterocycles. The van der Waals surface area contributed by atoms with Gasteiger partial charge in [0.2, 0.25) is 0 Å². The van der Waals surface area contributed by atoms with E-state index >= 15 is 0 Å². The van der Waals surface area contributed by atoms with E-state index in [0.717, 1.165) is 5.56 Å². The van der Waals surface area contributed by atoms with Crippen molar-refractivity contribution in [2.45, 2.75) is 24.7 Å². The van der Waals surface area contributed by atoms with Crippen LogP contribution >= 0.6 is 23.2 Å². The van der Waals surface area contributed by atoms with E-state index in [9.17, 15) is 8.42 Å². The number of sulfonamides is 1. The molecule has 0 aromatic heterocycles. The van der Waals surface area contributed by atoms with Crippen LogP contribution < -0.4 is 9.46 Å². The Morgan fingerprint density at radius 3 is 2.39 bits per heavy atom. The van der Waals surface area contributed by atoms with Crippen molar-refractivity contribution in [1.82, 2.24) is 0 Å². The minimum absolute atomic E-state index is 0.0576. The maximum absolute atomic E-state index is 12.7.